The van der Waals surface area contributed by atoms with Crippen LogP contribution in [0.25, 0.3) is 0 Å². The Labute approximate surface area is 79.7 Å². The molecule has 13 heavy (non-hydrogen) atoms. The van der Waals surface area contributed by atoms with E-state index < -0.39 is 0 Å². The lowest BCUT2D eigenvalue weighted by Crippen LogP contribution is -2.32. The van der Waals surface area contributed by atoms with Crippen LogP contribution in [0.5, 0.6) is 0 Å². The van der Waals surface area contributed by atoms with E-state index in [9.17, 15) is 4.79 Å². The van der Waals surface area contributed by atoms with Crippen LogP contribution in [0.4, 0.5) is 0 Å². The molecule has 0 radical (unpaired) electrons. The molecule has 0 aromatic rings. The lowest BCUT2D eigenvalue weighted by molar-refractivity contribution is -0.151. The van der Waals surface area contributed by atoms with Crippen LogP contribution in [0.2, 0.25) is 0 Å². The van der Waals surface area contributed by atoms with Crippen LogP contribution in [0.1, 0.15) is 45.4 Å². The van der Waals surface area contributed by atoms with Gasteiger partial charge in [0.1, 0.15) is 6.10 Å². The van der Waals surface area contributed by atoms with Crippen LogP contribution in [-0.4, -0.2) is 12.1 Å². The van der Waals surface area contributed by atoms with Crippen LogP contribution in [0, 0.1) is 11.8 Å². The summed E-state index contributed by atoms with van der Waals surface area (Å²) in [5.41, 5.74) is 0. The van der Waals surface area contributed by atoms with Crippen LogP contribution >= 0.6 is 0 Å². The van der Waals surface area contributed by atoms with Crippen molar-refractivity contribution in [1.82, 2.24) is 0 Å². The van der Waals surface area contributed by atoms with E-state index in [4.69, 9.17) is 4.74 Å². The lowest BCUT2D eigenvalue weighted by Gasteiger charge is -2.32. The molecule has 0 amide bonds. The van der Waals surface area contributed by atoms with E-state index in [2.05, 4.69) is 0 Å². The maximum Gasteiger partial charge on any atom is 0.302 e. The van der Waals surface area contributed by atoms with E-state index in [1.165, 1.54) is 39.0 Å². The van der Waals surface area contributed by atoms with Crippen molar-refractivity contribution in [2.75, 3.05) is 0 Å². The average Bonchev–Trinajstić information content (AvgIpc) is 2.51. The van der Waals surface area contributed by atoms with Crippen molar-refractivity contribution in [1.29, 1.82) is 0 Å². The monoisotopic (exact) mass is 182 g/mol. The summed E-state index contributed by atoms with van der Waals surface area (Å²) >= 11 is 0. The topological polar surface area (TPSA) is 26.3 Å². The number of hydrogen-bond acceptors (Lipinski definition) is 2. The first-order chi connectivity index (χ1) is 6.27. The minimum atomic E-state index is -0.0995. The fourth-order valence-corrected chi connectivity index (χ4v) is 3.07. The largest absolute Gasteiger partial charge is 0.462 e. The molecular weight excluding hydrogens is 164 g/mol. The van der Waals surface area contributed by atoms with E-state index in [0.717, 1.165) is 12.3 Å². The Morgan fingerprint density at radius 3 is 2.54 bits per heavy atom. The van der Waals surface area contributed by atoms with Gasteiger partial charge in [-0.3, -0.25) is 4.79 Å². The Kier molecular flexibility index (Phi) is 2.56. The molecule has 2 saturated carbocycles. The summed E-state index contributed by atoms with van der Waals surface area (Å²) in [6, 6.07) is 0. The average molecular weight is 182 g/mol. The van der Waals surface area contributed by atoms with Crippen molar-refractivity contribution in [3.63, 3.8) is 0 Å². The second-order valence-electron chi connectivity index (χ2n) is 4.43. The molecule has 74 valence electrons. The van der Waals surface area contributed by atoms with Gasteiger partial charge in [0.05, 0.1) is 0 Å². The predicted molar refractivity (Wildman–Crippen MR) is 50.2 cm³/mol. The molecule has 2 fully saturated rings. The van der Waals surface area contributed by atoms with E-state index in [-0.39, 0.29) is 12.1 Å². The normalized spacial score (nSPS) is 38.4. The standard InChI is InChI=1S/C11H18O2/c1-8(12)13-11-7-3-5-9-4-2-6-10(9)11/h9-11H,2-7H2,1H3/t9-,10+,11-/m1/s1. The summed E-state index contributed by atoms with van der Waals surface area (Å²) in [6.07, 6.45) is 7.94. The van der Waals surface area contributed by atoms with Crippen molar-refractivity contribution in [3.05, 3.63) is 0 Å². The van der Waals surface area contributed by atoms with Crippen molar-refractivity contribution >= 4 is 5.97 Å². The maximum atomic E-state index is 10.9. The first kappa shape index (κ1) is 9.04. The van der Waals surface area contributed by atoms with Gasteiger partial charge in [-0.05, 0) is 37.5 Å². The summed E-state index contributed by atoms with van der Waals surface area (Å²) in [6.45, 7) is 1.53. The van der Waals surface area contributed by atoms with Gasteiger partial charge in [0.2, 0.25) is 0 Å². The van der Waals surface area contributed by atoms with Crippen molar-refractivity contribution in [2.45, 2.75) is 51.6 Å². The van der Waals surface area contributed by atoms with Gasteiger partial charge in [0.15, 0.2) is 0 Å². The van der Waals surface area contributed by atoms with Gasteiger partial charge >= 0.3 is 5.97 Å². The molecule has 0 spiro atoms. The number of hydrogen-bond donors (Lipinski definition) is 0. The zero-order chi connectivity index (χ0) is 9.26. The molecule has 0 N–H and O–H groups in total. The summed E-state index contributed by atoms with van der Waals surface area (Å²) < 4.78 is 5.37. The molecule has 0 heterocycles. The highest BCUT2D eigenvalue weighted by molar-refractivity contribution is 5.66. The number of fused-ring (bicyclic) bond motifs is 1. The lowest BCUT2D eigenvalue weighted by atomic mass is 9.79. The molecule has 2 aliphatic carbocycles. The van der Waals surface area contributed by atoms with Crippen LogP contribution in [0.15, 0.2) is 0 Å². The molecule has 0 aromatic carbocycles. The summed E-state index contributed by atoms with van der Waals surface area (Å²) in [4.78, 5) is 10.9. The van der Waals surface area contributed by atoms with Crippen LogP contribution in [0.3, 0.4) is 0 Å². The van der Waals surface area contributed by atoms with Gasteiger partial charge in [0, 0.05) is 6.92 Å². The molecule has 0 aromatic heterocycles. The third-order valence-electron chi connectivity index (χ3n) is 3.58. The smallest absolute Gasteiger partial charge is 0.302 e. The van der Waals surface area contributed by atoms with Gasteiger partial charge in [-0.15, -0.1) is 0 Å². The van der Waals surface area contributed by atoms with E-state index >= 15 is 0 Å². The quantitative estimate of drug-likeness (QED) is 0.582. The fourth-order valence-electron chi connectivity index (χ4n) is 3.07. The van der Waals surface area contributed by atoms with Gasteiger partial charge in [-0.25, -0.2) is 0 Å². The third-order valence-corrected chi connectivity index (χ3v) is 3.58. The summed E-state index contributed by atoms with van der Waals surface area (Å²) in [5, 5.41) is 0. The van der Waals surface area contributed by atoms with Crippen molar-refractivity contribution in [3.8, 4) is 0 Å². The summed E-state index contributed by atoms with van der Waals surface area (Å²) in [7, 11) is 0. The zero-order valence-corrected chi connectivity index (χ0v) is 8.29. The molecule has 2 aliphatic rings. The first-order valence-corrected chi connectivity index (χ1v) is 5.44. The Morgan fingerprint density at radius 2 is 1.85 bits per heavy atom. The molecule has 0 saturated heterocycles. The number of carbonyl (C=O) groups is 1. The Hall–Kier alpha value is -0.530. The number of ether oxygens (including phenoxy) is 1. The molecule has 3 atom stereocenters. The highest BCUT2D eigenvalue weighted by atomic mass is 16.5. The molecule has 2 rings (SSSR count). The second-order valence-corrected chi connectivity index (χ2v) is 4.43. The number of rotatable bonds is 1. The third kappa shape index (κ3) is 1.87. The van der Waals surface area contributed by atoms with E-state index in [1.54, 1.807) is 0 Å². The predicted octanol–water partition coefficient (Wildman–Crippen LogP) is 2.52. The summed E-state index contributed by atoms with van der Waals surface area (Å²) in [5.74, 6) is 1.45. The molecule has 0 unspecified atom stereocenters. The second kappa shape index (κ2) is 3.69. The number of esters is 1. The minimum Gasteiger partial charge on any atom is -0.462 e. The molecule has 2 nitrogen and oxygen atoms in total. The Bertz CT molecular complexity index is 200. The Balaban J connectivity index is 1.97. The van der Waals surface area contributed by atoms with Crippen LogP contribution < -0.4 is 0 Å². The van der Waals surface area contributed by atoms with Crippen LogP contribution in [-0.2, 0) is 9.53 Å². The zero-order valence-electron chi connectivity index (χ0n) is 8.29. The van der Waals surface area contributed by atoms with Gasteiger partial charge in [0.25, 0.3) is 0 Å². The highest BCUT2D eigenvalue weighted by Gasteiger charge is 2.37. The molecule has 0 aliphatic heterocycles. The minimum absolute atomic E-state index is 0.0995. The molecule has 2 heteroatoms. The fraction of sp³-hybridized carbons (Fsp3) is 0.909. The van der Waals surface area contributed by atoms with Gasteiger partial charge in [-0.1, -0.05) is 12.8 Å². The molecular formula is C11H18O2. The van der Waals surface area contributed by atoms with Crippen molar-refractivity contribution in [2.24, 2.45) is 11.8 Å². The Morgan fingerprint density at radius 1 is 1.15 bits per heavy atom. The van der Waals surface area contributed by atoms with E-state index in [1.807, 2.05) is 0 Å². The van der Waals surface area contributed by atoms with Gasteiger partial charge in [-0.2, -0.15) is 0 Å². The van der Waals surface area contributed by atoms with Crippen molar-refractivity contribution < 1.29 is 9.53 Å². The number of carbonyl (C=O) groups excluding carboxylic acids is 1. The SMILES string of the molecule is CC(=O)O[C@@H]1CCC[C@H]2CCC[C@@H]21. The maximum absolute atomic E-state index is 10.9. The highest BCUT2D eigenvalue weighted by Crippen LogP contribution is 2.43. The first-order valence-electron chi connectivity index (χ1n) is 5.44. The van der Waals surface area contributed by atoms with E-state index in [0.29, 0.717) is 5.92 Å². The molecule has 0 bridgehead atoms. The van der Waals surface area contributed by atoms with Gasteiger partial charge < -0.3 is 4.74 Å².